The van der Waals surface area contributed by atoms with E-state index in [4.69, 9.17) is 21.1 Å². The zero-order valence-electron chi connectivity index (χ0n) is 16.1. The average molecular weight is 449 g/mol. The number of thiazole rings is 1. The molecule has 0 radical (unpaired) electrons. The van der Waals surface area contributed by atoms with Crippen LogP contribution in [0.15, 0.2) is 52.2 Å². The molecule has 1 aromatic heterocycles. The number of rotatable bonds is 9. The molecule has 0 atom stereocenters. The van der Waals surface area contributed by atoms with Crippen molar-refractivity contribution >= 4 is 46.3 Å². The van der Waals surface area contributed by atoms with E-state index >= 15 is 0 Å². The maximum atomic E-state index is 12.5. The molecule has 0 aliphatic heterocycles. The SMILES string of the molecule is CCOc1ccc(OCC)c(NC(=O)CSc2nc(-c3ccc(Cl)cc3)cs2)c1. The second kappa shape index (κ2) is 10.5. The van der Waals surface area contributed by atoms with E-state index in [0.29, 0.717) is 35.4 Å². The van der Waals surface area contributed by atoms with Crippen LogP contribution in [-0.4, -0.2) is 29.9 Å². The van der Waals surface area contributed by atoms with Crippen LogP contribution in [0.3, 0.4) is 0 Å². The van der Waals surface area contributed by atoms with E-state index in [0.717, 1.165) is 15.6 Å². The summed E-state index contributed by atoms with van der Waals surface area (Å²) in [7, 11) is 0. The van der Waals surface area contributed by atoms with Gasteiger partial charge in [-0.2, -0.15) is 0 Å². The molecular formula is C21H21ClN2O3S2. The van der Waals surface area contributed by atoms with Crippen molar-refractivity contribution in [2.75, 3.05) is 24.3 Å². The molecule has 0 saturated heterocycles. The summed E-state index contributed by atoms with van der Waals surface area (Å²) < 4.78 is 11.9. The molecule has 3 rings (SSSR count). The van der Waals surface area contributed by atoms with Gasteiger partial charge in [-0.05, 0) is 38.1 Å². The number of amides is 1. The summed E-state index contributed by atoms with van der Waals surface area (Å²) in [5.41, 5.74) is 2.47. The van der Waals surface area contributed by atoms with E-state index in [1.54, 1.807) is 12.1 Å². The molecule has 1 N–H and O–H groups in total. The molecule has 3 aromatic rings. The topological polar surface area (TPSA) is 60.5 Å². The van der Waals surface area contributed by atoms with Gasteiger partial charge < -0.3 is 14.8 Å². The fourth-order valence-corrected chi connectivity index (χ4v) is 4.30. The summed E-state index contributed by atoms with van der Waals surface area (Å²) in [4.78, 5) is 17.0. The quantitative estimate of drug-likeness (QED) is 0.407. The van der Waals surface area contributed by atoms with Crippen LogP contribution in [0.5, 0.6) is 11.5 Å². The highest BCUT2D eigenvalue weighted by Crippen LogP contribution is 2.31. The Kier molecular flexibility index (Phi) is 7.80. The van der Waals surface area contributed by atoms with E-state index in [9.17, 15) is 4.79 Å². The van der Waals surface area contributed by atoms with Crippen molar-refractivity contribution in [3.05, 3.63) is 52.9 Å². The number of aromatic nitrogens is 1. The smallest absolute Gasteiger partial charge is 0.234 e. The highest BCUT2D eigenvalue weighted by molar-refractivity contribution is 8.01. The fourth-order valence-electron chi connectivity index (χ4n) is 2.53. The zero-order valence-corrected chi connectivity index (χ0v) is 18.5. The van der Waals surface area contributed by atoms with Gasteiger partial charge in [0.05, 0.1) is 30.3 Å². The molecular weight excluding hydrogens is 428 g/mol. The molecule has 2 aromatic carbocycles. The molecule has 1 heterocycles. The predicted molar refractivity (Wildman–Crippen MR) is 121 cm³/mol. The molecule has 0 bridgehead atoms. The third-order valence-electron chi connectivity index (χ3n) is 3.79. The van der Waals surface area contributed by atoms with Crippen LogP contribution in [-0.2, 0) is 4.79 Å². The second-order valence-corrected chi connectivity index (χ2v) is 8.38. The number of nitrogens with zero attached hydrogens (tertiary/aromatic N) is 1. The number of ether oxygens (including phenoxy) is 2. The lowest BCUT2D eigenvalue weighted by molar-refractivity contribution is -0.113. The number of nitrogens with one attached hydrogen (secondary N) is 1. The first-order valence-electron chi connectivity index (χ1n) is 9.12. The van der Waals surface area contributed by atoms with Crippen molar-refractivity contribution in [3.8, 4) is 22.8 Å². The summed E-state index contributed by atoms with van der Waals surface area (Å²) >= 11 is 8.84. The lowest BCUT2D eigenvalue weighted by Gasteiger charge is -2.13. The van der Waals surface area contributed by atoms with Gasteiger partial charge in [-0.25, -0.2) is 4.98 Å². The molecule has 1 amide bonds. The molecule has 152 valence electrons. The summed E-state index contributed by atoms with van der Waals surface area (Å²) in [6.07, 6.45) is 0. The normalized spacial score (nSPS) is 10.6. The van der Waals surface area contributed by atoms with Crippen molar-refractivity contribution in [1.29, 1.82) is 0 Å². The van der Waals surface area contributed by atoms with Gasteiger partial charge in [0.15, 0.2) is 4.34 Å². The standard InChI is InChI=1S/C21H21ClN2O3S2/c1-3-26-16-9-10-19(27-4-2)17(11-16)23-20(25)13-29-21-24-18(12-28-21)14-5-7-15(22)8-6-14/h5-12H,3-4,13H2,1-2H3,(H,23,25). The van der Waals surface area contributed by atoms with Crippen molar-refractivity contribution in [2.24, 2.45) is 0 Å². The first kappa shape index (κ1) is 21.5. The average Bonchev–Trinajstić information content (AvgIpc) is 3.18. The molecule has 0 aliphatic carbocycles. The van der Waals surface area contributed by atoms with Crippen molar-refractivity contribution in [2.45, 2.75) is 18.2 Å². The van der Waals surface area contributed by atoms with Gasteiger partial charge in [0, 0.05) is 22.0 Å². The van der Waals surface area contributed by atoms with E-state index in [1.807, 2.05) is 49.6 Å². The van der Waals surface area contributed by atoms with Crippen LogP contribution in [0.25, 0.3) is 11.3 Å². The van der Waals surface area contributed by atoms with Gasteiger partial charge >= 0.3 is 0 Å². The number of anilines is 1. The minimum atomic E-state index is -0.132. The third-order valence-corrected chi connectivity index (χ3v) is 6.06. The highest BCUT2D eigenvalue weighted by Gasteiger charge is 2.12. The largest absolute Gasteiger partial charge is 0.494 e. The molecule has 5 nitrogen and oxygen atoms in total. The molecule has 0 saturated carbocycles. The number of thioether (sulfide) groups is 1. The Morgan fingerprint density at radius 3 is 2.62 bits per heavy atom. The Bertz CT molecular complexity index is 961. The number of carbonyl (C=O) groups is 1. The summed E-state index contributed by atoms with van der Waals surface area (Å²) in [6, 6.07) is 12.9. The van der Waals surface area contributed by atoms with Gasteiger partial charge in [-0.3, -0.25) is 4.79 Å². The minimum absolute atomic E-state index is 0.132. The predicted octanol–water partition coefficient (Wildman–Crippen LogP) is 5.99. The maximum Gasteiger partial charge on any atom is 0.234 e. The Balaban J connectivity index is 1.61. The number of hydrogen-bond acceptors (Lipinski definition) is 6. The highest BCUT2D eigenvalue weighted by atomic mass is 35.5. The van der Waals surface area contributed by atoms with Crippen molar-refractivity contribution in [1.82, 2.24) is 4.98 Å². The first-order chi connectivity index (χ1) is 14.1. The van der Waals surface area contributed by atoms with Crippen molar-refractivity contribution < 1.29 is 14.3 Å². The maximum absolute atomic E-state index is 12.5. The van der Waals surface area contributed by atoms with E-state index in [2.05, 4.69) is 10.3 Å². The Hall–Kier alpha value is -2.22. The summed E-state index contributed by atoms with van der Waals surface area (Å²) in [6.45, 7) is 4.88. The third kappa shape index (κ3) is 6.13. The fraction of sp³-hybridized carbons (Fsp3) is 0.238. The minimum Gasteiger partial charge on any atom is -0.494 e. The monoisotopic (exact) mass is 448 g/mol. The van der Waals surface area contributed by atoms with Crippen LogP contribution in [0, 0.1) is 0 Å². The lowest BCUT2D eigenvalue weighted by atomic mass is 10.2. The van der Waals surface area contributed by atoms with Crippen LogP contribution < -0.4 is 14.8 Å². The van der Waals surface area contributed by atoms with E-state index < -0.39 is 0 Å². The number of hydrogen-bond donors (Lipinski definition) is 1. The molecule has 0 spiro atoms. The lowest BCUT2D eigenvalue weighted by Crippen LogP contribution is -2.15. The van der Waals surface area contributed by atoms with Crippen LogP contribution in [0.2, 0.25) is 5.02 Å². The Morgan fingerprint density at radius 2 is 1.90 bits per heavy atom. The van der Waals surface area contributed by atoms with Gasteiger partial charge in [-0.15, -0.1) is 11.3 Å². The Morgan fingerprint density at radius 1 is 1.14 bits per heavy atom. The van der Waals surface area contributed by atoms with Gasteiger partial charge in [0.1, 0.15) is 11.5 Å². The zero-order chi connectivity index (χ0) is 20.6. The van der Waals surface area contributed by atoms with Crippen LogP contribution in [0.1, 0.15) is 13.8 Å². The molecule has 8 heteroatoms. The van der Waals surface area contributed by atoms with E-state index in [1.165, 1.54) is 23.1 Å². The number of halogens is 1. The van der Waals surface area contributed by atoms with Gasteiger partial charge in [-0.1, -0.05) is 35.5 Å². The molecule has 29 heavy (non-hydrogen) atoms. The molecule has 0 unspecified atom stereocenters. The first-order valence-corrected chi connectivity index (χ1v) is 11.4. The van der Waals surface area contributed by atoms with Crippen molar-refractivity contribution in [3.63, 3.8) is 0 Å². The van der Waals surface area contributed by atoms with Gasteiger partial charge in [0.25, 0.3) is 0 Å². The summed E-state index contributed by atoms with van der Waals surface area (Å²) in [5.74, 6) is 1.42. The van der Waals surface area contributed by atoms with Gasteiger partial charge in [0.2, 0.25) is 5.91 Å². The van der Waals surface area contributed by atoms with Crippen LogP contribution >= 0.6 is 34.7 Å². The van der Waals surface area contributed by atoms with Crippen LogP contribution in [0.4, 0.5) is 5.69 Å². The van der Waals surface area contributed by atoms with E-state index in [-0.39, 0.29) is 11.7 Å². The molecule has 0 fully saturated rings. The second-order valence-electron chi connectivity index (χ2n) is 5.87. The number of benzene rings is 2. The summed E-state index contributed by atoms with van der Waals surface area (Å²) in [5, 5.41) is 5.57. The Labute approximate surface area is 183 Å². The molecule has 0 aliphatic rings. The number of carbonyl (C=O) groups excluding carboxylic acids is 1.